The molecule has 2 heterocycles. The number of carbonyl (C=O) groups is 1. The first-order valence-electron chi connectivity index (χ1n) is 12.9. The Kier molecular flexibility index (Phi) is 8.29. The molecule has 5 nitrogen and oxygen atoms in total. The number of hydrogen-bond acceptors (Lipinski definition) is 3. The summed E-state index contributed by atoms with van der Waals surface area (Å²) in [5.74, 6) is 0.962. The number of anilines is 1. The first-order chi connectivity index (χ1) is 18.3. The van der Waals surface area contributed by atoms with Crippen LogP contribution in [0.1, 0.15) is 29.3 Å². The average molecular weight is 663 g/mol. The maximum atomic E-state index is 14.7. The molecule has 198 valence electrons. The van der Waals surface area contributed by atoms with Gasteiger partial charge in [0.25, 0.3) is 5.91 Å². The number of nitrogens with two attached hydrogens (primary N) is 1. The van der Waals surface area contributed by atoms with Crippen molar-refractivity contribution in [2.45, 2.75) is 19.4 Å². The van der Waals surface area contributed by atoms with Crippen molar-refractivity contribution in [2.24, 2.45) is 17.6 Å². The summed E-state index contributed by atoms with van der Waals surface area (Å²) >= 11 is 13.0. The normalized spacial score (nSPS) is 20.3. The van der Waals surface area contributed by atoms with Crippen molar-refractivity contribution in [1.82, 2.24) is 4.90 Å². The second-order valence-corrected chi connectivity index (χ2v) is 11.2. The Bertz CT molecular complexity index is 1430. The first-order valence-corrected chi connectivity index (χ1v) is 13.6. The number of piperidine rings is 1. The molecule has 2 unspecified atom stereocenters. The Morgan fingerprint density at radius 1 is 1.03 bits per heavy atom. The quantitative estimate of drug-likeness (QED) is 0.287. The van der Waals surface area contributed by atoms with Crippen molar-refractivity contribution in [3.63, 3.8) is 0 Å². The zero-order chi connectivity index (χ0) is 26.6. The minimum atomic E-state index is -0.411. The standard InChI is InChI=1S/C30H28Cl2FN4O.Cd/c1-2-26(29-24(32)4-3-5-25(29)33)35-27-9-7-17(12-28(27)36-13-19-10-20(19)14-36)22-11-18(6-8-23(22)31)30(38)37-15-21(34)16-37;/h2-9,11-12,19-21H,10,13-16,34H2,1H3;/q-1;/b26-2+;. The number of halogens is 3. The fraction of sp³-hybridized carbons (Fsp3) is 0.300. The predicted octanol–water partition coefficient (Wildman–Crippen LogP) is 7.10. The van der Waals surface area contributed by atoms with E-state index >= 15 is 0 Å². The molecule has 2 N–H and O–H groups in total. The average Bonchev–Trinajstić information content (AvgIpc) is 3.50. The molecule has 0 bridgehead atoms. The van der Waals surface area contributed by atoms with Crippen LogP contribution in [0.3, 0.4) is 0 Å². The van der Waals surface area contributed by atoms with Gasteiger partial charge < -0.3 is 20.9 Å². The summed E-state index contributed by atoms with van der Waals surface area (Å²) in [5, 5.41) is 5.78. The van der Waals surface area contributed by atoms with Gasteiger partial charge in [-0.1, -0.05) is 41.4 Å². The third-order valence-electron chi connectivity index (χ3n) is 7.75. The van der Waals surface area contributed by atoms with Crippen LogP contribution in [-0.4, -0.2) is 43.0 Å². The monoisotopic (exact) mass is 663 g/mol. The van der Waals surface area contributed by atoms with Crippen LogP contribution in [-0.2, 0) is 27.3 Å². The molecule has 2 saturated heterocycles. The number of hydrogen-bond donors (Lipinski definition) is 1. The molecule has 0 radical (unpaired) electrons. The Hall–Kier alpha value is -2.14. The van der Waals surface area contributed by atoms with Gasteiger partial charge in [0.05, 0.1) is 0 Å². The van der Waals surface area contributed by atoms with E-state index < -0.39 is 5.82 Å². The largest absolute Gasteiger partial charge is 0.656 e. The van der Waals surface area contributed by atoms with Crippen LogP contribution in [0.25, 0.3) is 22.1 Å². The third-order valence-corrected chi connectivity index (χ3v) is 8.39. The molecule has 0 aromatic heterocycles. The van der Waals surface area contributed by atoms with Gasteiger partial charge in [0, 0.05) is 91.9 Å². The van der Waals surface area contributed by atoms with E-state index in [-0.39, 0.29) is 44.8 Å². The van der Waals surface area contributed by atoms with Crippen LogP contribution < -0.4 is 10.6 Å². The molecule has 2 aliphatic heterocycles. The number of fused-ring (bicyclic) bond motifs is 1. The first kappa shape index (κ1) is 28.4. The van der Waals surface area contributed by atoms with Crippen LogP contribution in [0.15, 0.2) is 60.7 Å². The summed E-state index contributed by atoms with van der Waals surface area (Å²) in [6, 6.07) is 16.0. The van der Waals surface area contributed by atoms with E-state index in [1.807, 2.05) is 25.1 Å². The van der Waals surface area contributed by atoms with Gasteiger partial charge in [0.15, 0.2) is 0 Å². The van der Waals surface area contributed by atoms with Gasteiger partial charge in [-0.05, 0) is 67.1 Å². The maximum Gasteiger partial charge on any atom is 0.253 e. The van der Waals surface area contributed by atoms with Gasteiger partial charge in [-0.25, -0.2) is 4.39 Å². The number of carbonyl (C=O) groups excluding carboxylic acids is 1. The summed E-state index contributed by atoms with van der Waals surface area (Å²) < 4.78 is 14.7. The van der Waals surface area contributed by atoms with Crippen LogP contribution in [0.4, 0.5) is 15.8 Å². The van der Waals surface area contributed by atoms with Gasteiger partial charge in [-0.3, -0.25) is 4.79 Å². The van der Waals surface area contributed by atoms with Gasteiger partial charge >= 0.3 is 0 Å². The Balaban J connectivity index is 0.00000308. The third kappa shape index (κ3) is 5.58. The van der Waals surface area contributed by atoms with Crippen LogP contribution in [0.2, 0.25) is 10.0 Å². The summed E-state index contributed by atoms with van der Waals surface area (Å²) in [5.41, 5.74) is 10.6. The second-order valence-electron chi connectivity index (χ2n) is 10.4. The molecule has 0 spiro atoms. The Morgan fingerprint density at radius 2 is 1.77 bits per heavy atom. The van der Waals surface area contributed by atoms with E-state index in [9.17, 15) is 9.18 Å². The summed E-state index contributed by atoms with van der Waals surface area (Å²) in [6.45, 7) is 4.88. The molecule has 1 aliphatic carbocycles. The minimum Gasteiger partial charge on any atom is -0.656 e. The molecule has 9 heteroatoms. The van der Waals surface area contributed by atoms with E-state index in [1.165, 1.54) is 12.5 Å². The molecule has 2 atom stereocenters. The van der Waals surface area contributed by atoms with Crippen molar-refractivity contribution >= 4 is 46.2 Å². The fourth-order valence-corrected chi connectivity index (χ4v) is 6.00. The molecule has 3 fully saturated rings. The number of benzene rings is 3. The zero-order valence-corrected chi connectivity index (χ0v) is 27.3. The zero-order valence-electron chi connectivity index (χ0n) is 21.7. The minimum absolute atomic E-state index is 0. The summed E-state index contributed by atoms with van der Waals surface area (Å²) in [7, 11) is 0. The van der Waals surface area contributed by atoms with Crippen LogP contribution in [0.5, 0.6) is 0 Å². The van der Waals surface area contributed by atoms with Gasteiger partial charge in [0.2, 0.25) is 0 Å². The summed E-state index contributed by atoms with van der Waals surface area (Å²) in [4.78, 5) is 17.0. The molecule has 6 rings (SSSR count). The fourth-order valence-electron chi connectivity index (χ4n) is 5.51. The maximum absolute atomic E-state index is 14.7. The molecule has 1 saturated carbocycles. The van der Waals surface area contributed by atoms with Crippen molar-refractivity contribution in [3.05, 3.63) is 93.0 Å². The number of amides is 1. The van der Waals surface area contributed by atoms with E-state index in [0.29, 0.717) is 46.2 Å². The topological polar surface area (TPSA) is 63.7 Å². The van der Waals surface area contributed by atoms with Crippen LogP contribution >= 0.6 is 23.2 Å². The van der Waals surface area contributed by atoms with Gasteiger partial charge in [-0.15, -0.1) is 17.5 Å². The SMILES string of the molecule is C/C=C(/[N-]c1ccc(-c2cc(C(=O)N3CC(N)C3)ccc2Cl)cc1N1CC2CC2C1)c1c(F)cccc1Cl.[Cd]. The molecule has 3 aromatic rings. The molecule has 1 amide bonds. The Labute approximate surface area is 258 Å². The van der Waals surface area contributed by atoms with E-state index in [2.05, 4.69) is 11.0 Å². The molecule has 3 aliphatic rings. The molecule has 3 aromatic carbocycles. The molecular formula is C30H28CdCl2FN4O-. The smallest absolute Gasteiger partial charge is 0.253 e. The van der Waals surface area contributed by atoms with E-state index in [1.54, 1.807) is 35.2 Å². The number of likely N-dealkylation sites (tertiary alicyclic amines) is 1. The van der Waals surface area contributed by atoms with Crippen LogP contribution in [0, 0.1) is 17.7 Å². The number of allylic oxidation sites excluding steroid dienone is 1. The predicted molar refractivity (Wildman–Crippen MR) is 153 cm³/mol. The van der Waals surface area contributed by atoms with Gasteiger partial charge in [0.1, 0.15) is 5.82 Å². The number of rotatable bonds is 6. The van der Waals surface area contributed by atoms with Crippen molar-refractivity contribution < 1.29 is 36.5 Å². The van der Waals surface area contributed by atoms with Crippen molar-refractivity contribution in [1.29, 1.82) is 0 Å². The molecular weight excluding hydrogens is 635 g/mol. The van der Waals surface area contributed by atoms with Gasteiger partial charge in [-0.2, -0.15) is 0 Å². The number of nitrogens with zero attached hydrogens (tertiary/aromatic N) is 3. The second kappa shape index (κ2) is 11.4. The molecule has 39 heavy (non-hydrogen) atoms. The Morgan fingerprint density at radius 3 is 2.44 bits per heavy atom. The van der Waals surface area contributed by atoms with E-state index in [4.69, 9.17) is 34.3 Å². The van der Waals surface area contributed by atoms with Crippen molar-refractivity contribution in [2.75, 3.05) is 31.1 Å². The van der Waals surface area contributed by atoms with Crippen molar-refractivity contribution in [3.8, 4) is 11.1 Å². The van der Waals surface area contributed by atoms with E-state index in [0.717, 1.165) is 35.6 Å². The summed E-state index contributed by atoms with van der Waals surface area (Å²) in [6.07, 6.45) is 3.04.